The van der Waals surface area contributed by atoms with E-state index in [1.807, 2.05) is 0 Å². The lowest BCUT2D eigenvalue weighted by atomic mass is 10.1. The summed E-state index contributed by atoms with van der Waals surface area (Å²) in [5.74, 6) is -0.310. The summed E-state index contributed by atoms with van der Waals surface area (Å²) in [6, 6.07) is 11.4. The summed E-state index contributed by atoms with van der Waals surface area (Å²) < 4.78 is 27.1. The van der Waals surface area contributed by atoms with E-state index < -0.39 is 10.0 Å². The molecule has 0 fully saturated rings. The molecule has 0 unspecified atom stereocenters. The highest BCUT2D eigenvalue weighted by Gasteiger charge is 2.17. The molecule has 0 aromatic heterocycles. The van der Waals surface area contributed by atoms with Crippen molar-refractivity contribution in [3.05, 3.63) is 57.5 Å². The maximum absolute atomic E-state index is 12.1. The molecule has 5 nitrogen and oxygen atoms in total. The maximum atomic E-state index is 12.1. The molecule has 0 aliphatic rings. The Morgan fingerprint density at radius 1 is 1.26 bits per heavy atom. The summed E-state index contributed by atoms with van der Waals surface area (Å²) in [6.07, 6.45) is 0.0809. The molecule has 1 N–H and O–H groups in total. The molecule has 2 aromatic carbocycles. The van der Waals surface area contributed by atoms with Crippen molar-refractivity contribution in [2.75, 3.05) is 5.32 Å². The molecule has 23 heavy (non-hydrogen) atoms. The zero-order chi connectivity index (χ0) is 17.0. The van der Waals surface area contributed by atoms with Crippen LogP contribution in [0.25, 0.3) is 0 Å². The van der Waals surface area contributed by atoms with Crippen molar-refractivity contribution in [1.82, 2.24) is 0 Å². The van der Waals surface area contributed by atoms with E-state index in [1.54, 1.807) is 30.3 Å². The van der Waals surface area contributed by atoms with E-state index in [-0.39, 0.29) is 17.2 Å². The summed E-state index contributed by atoms with van der Waals surface area (Å²) in [5, 5.41) is 3.13. The fourth-order valence-corrected chi connectivity index (χ4v) is 3.66. The minimum atomic E-state index is -3.86. The Morgan fingerprint density at radius 3 is 2.61 bits per heavy atom. The van der Waals surface area contributed by atoms with E-state index in [9.17, 15) is 13.2 Å². The topological polar surface area (TPSA) is 75.6 Å². The first-order valence-corrected chi connectivity index (χ1v) is 9.00. The molecule has 0 aliphatic heterocycles. The molecular weight excluding hydrogens is 404 g/mol. The zero-order valence-electron chi connectivity index (χ0n) is 11.8. The molecule has 0 spiro atoms. The first-order chi connectivity index (χ1) is 10.8. The standard InChI is InChI=1S/C15H12BrClN2O3S/c1-18-23(21,22)14-9-11(6-7-12(14)16)19-15(20)8-10-4-2-3-5-13(10)17/h2-7,9H,1,8H2,(H,19,20). The minimum absolute atomic E-state index is 0.0666. The van der Waals surface area contributed by atoms with Crippen LogP contribution < -0.4 is 5.32 Å². The van der Waals surface area contributed by atoms with Gasteiger partial charge in [0.25, 0.3) is 10.0 Å². The van der Waals surface area contributed by atoms with Gasteiger partial charge >= 0.3 is 0 Å². The summed E-state index contributed by atoms with van der Waals surface area (Å²) in [5.41, 5.74) is 1.02. The van der Waals surface area contributed by atoms with Crippen LogP contribution in [-0.2, 0) is 21.2 Å². The summed E-state index contributed by atoms with van der Waals surface area (Å²) in [4.78, 5) is 12.0. The van der Waals surface area contributed by atoms with Crippen molar-refractivity contribution >= 4 is 55.9 Å². The Kier molecular flexibility index (Phi) is 5.56. The van der Waals surface area contributed by atoms with Gasteiger partial charge in [-0.2, -0.15) is 12.8 Å². The molecule has 0 bridgehead atoms. The number of anilines is 1. The van der Waals surface area contributed by atoms with Crippen molar-refractivity contribution in [2.24, 2.45) is 4.40 Å². The van der Waals surface area contributed by atoms with Crippen molar-refractivity contribution in [1.29, 1.82) is 0 Å². The van der Waals surface area contributed by atoms with E-state index in [1.165, 1.54) is 12.1 Å². The average Bonchev–Trinajstić information content (AvgIpc) is 2.51. The van der Waals surface area contributed by atoms with Crippen molar-refractivity contribution in [3.8, 4) is 0 Å². The largest absolute Gasteiger partial charge is 0.326 e. The number of halogens is 2. The molecular formula is C15H12BrClN2O3S. The zero-order valence-corrected chi connectivity index (χ0v) is 15.0. The van der Waals surface area contributed by atoms with E-state index in [4.69, 9.17) is 11.6 Å². The Morgan fingerprint density at radius 2 is 1.96 bits per heavy atom. The van der Waals surface area contributed by atoms with Gasteiger partial charge in [0.05, 0.1) is 6.42 Å². The smallest absolute Gasteiger partial charge is 0.282 e. The molecule has 0 saturated heterocycles. The fraction of sp³-hybridized carbons (Fsp3) is 0.0667. The third-order valence-electron chi connectivity index (χ3n) is 2.97. The third kappa shape index (κ3) is 4.40. The van der Waals surface area contributed by atoms with Gasteiger partial charge in [-0.25, -0.2) is 0 Å². The van der Waals surface area contributed by atoms with Crippen molar-refractivity contribution < 1.29 is 13.2 Å². The van der Waals surface area contributed by atoms with Crippen LogP contribution in [0, 0.1) is 0 Å². The van der Waals surface area contributed by atoms with Gasteiger partial charge in [0.2, 0.25) is 5.91 Å². The predicted octanol–water partition coefficient (Wildman–Crippen LogP) is 3.67. The maximum Gasteiger partial charge on any atom is 0.282 e. The lowest BCUT2D eigenvalue weighted by molar-refractivity contribution is -0.115. The van der Waals surface area contributed by atoms with Crippen molar-refractivity contribution in [3.63, 3.8) is 0 Å². The number of nitrogens with zero attached hydrogens (tertiary/aromatic N) is 1. The van der Waals surface area contributed by atoms with Gasteiger partial charge in [-0.15, -0.1) is 0 Å². The van der Waals surface area contributed by atoms with E-state index in [0.717, 1.165) is 0 Å². The Hall–Kier alpha value is -1.70. The number of sulfonamides is 1. The Bertz CT molecular complexity index is 869. The number of hydrogen-bond donors (Lipinski definition) is 1. The van der Waals surface area contributed by atoms with Gasteiger partial charge in [-0.05, 0) is 45.8 Å². The number of benzene rings is 2. The highest BCUT2D eigenvalue weighted by atomic mass is 79.9. The van der Waals surface area contributed by atoms with E-state index >= 15 is 0 Å². The molecule has 0 radical (unpaired) electrons. The molecule has 0 atom stereocenters. The number of nitrogens with one attached hydrogen (secondary N) is 1. The Labute approximate surface area is 147 Å². The summed E-state index contributed by atoms with van der Waals surface area (Å²) in [7, 11) is -3.86. The second-order valence-corrected chi connectivity index (χ2v) is 7.48. The number of hydrogen-bond acceptors (Lipinski definition) is 3. The van der Waals surface area contributed by atoms with Crippen molar-refractivity contribution in [2.45, 2.75) is 11.3 Å². The molecule has 0 saturated carbocycles. The van der Waals surface area contributed by atoms with Gasteiger partial charge in [-0.1, -0.05) is 29.8 Å². The van der Waals surface area contributed by atoms with Gasteiger partial charge < -0.3 is 5.32 Å². The molecule has 120 valence electrons. The highest BCUT2D eigenvalue weighted by molar-refractivity contribution is 9.10. The SMILES string of the molecule is C=NS(=O)(=O)c1cc(NC(=O)Cc2ccccc2Cl)ccc1Br. The first kappa shape index (κ1) is 17.7. The number of amides is 1. The normalized spacial score (nSPS) is 11.0. The van der Waals surface area contributed by atoms with Crippen LogP contribution in [0.3, 0.4) is 0 Å². The average molecular weight is 416 g/mol. The number of carbonyl (C=O) groups excluding carboxylic acids is 1. The van der Waals surface area contributed by atoms with Gasteiger partial charge in [0.1, 0.15) is 4.90 Å². The van der Waals surface area contributed by atoms with Crippen LogP contribution >= 0.6 is 27.5 Å². The van der Waals surface area contributed by atoms with Crippen LogP contribution in [0.5, 0.6) is 0 Å². The molecule has 8 heteroatoms. The van der Waals surface area contributed by atoms with Crippen LogP contribution in [0.4, 0.5) is 5.69 Å². The number of rotatable bonds is 5. The second-order valence-electron chi connectivity index (χ2n) is 4.57. The van der Waals surface area contributed by atoms with Crippen LogP contribution in [0.15, 0.2) is 56.2 Å². The molecule has 2 aromatic rings. The molecule has 1 amide bonds. The lowest BCUT2D eigenvalue weighted by Gasteiger charge is -2.09. The van der Waals surface area contributed by atoms with Gasteiger partial charge in [-0.3, -0.25) is 4.79 Å². The minimum Gasteiger partial charge on any atom is -0.326 e. The van der Waals surface area contributed by atoms with Gasteiger partial charge in [0.15, 0.2) is 0 Å². The van der Waals surface area contributed by atoms with E-state index in [0.29, 0.717) is 20.7 Å². The second kappa shape index (κ2) is 7.25. The first-order valence-electron chi connectivity index (χ1n) is 6.39. The molecule has 0 heterocycles. The van der Waals surface area contributed by atoms with E-state index in [2.05, 4.69) is 32.4 Å². The predicted molar refractivity (Wildman–Crippen MR) is 94.7 cm³/mol. The molecule has 0 aliphatic carbocycles. The van der Waals surface area contributed by atoms with Gasteiger partial charge in [0, 0.05) is 21.9 Å². The van der Waals surface area contributed by atoms with Crippen LogP contribution in [-0.4, -0.2) is 21.0 Å². The van der Waals surface area contributed by atoms with Crippen LogP contribution in [0.2, 0.25) is 5.02 Å². The van der Waals surface area contributed by atoms with Crippen LogP contribution in [0.1, 0.15) is 5.56 Å². The summed E-state index contributed by atoms with van der Waals surface area (Å²) in [6.45, 7) is 3.05. The highest BCUT2D eigenvalue weighted by Crippen LogP contribution is 2.27. The molecule has 2 rings (SSSR count). The third-order valence-corrected chi connectivity index (χ3v) is 5.53. The quantitative estimate of drug-likeness (QED) is 0.757. The monoisotopic (exact) mass is 414 g/mol. The Balaban J connectivity index is 2.21. The lowest BCUT2D eigenvalue weighted by Crippen LogP contribution is -2.15. The summed E-state index contributed by atoms with van der Waals surface area (Å²) >= 11 is 9.15. The fourth-order valence-electron chi connectivity index (χ4n) is 1.87. The number of carbonyl (C=O) groups is 1.